The molecule has 5 atom stereocenters. The van der Waals surface area contributed by atoms with E-state index in [1.165, 1.54) is 0 Å². The lowest BCUT2D eigenvalue weighted by Gasteiger charge is -2.42. The van der Waals surface area contributed by atoms with Crippen LogP contribution >= 0.6 is 0 Å². The van der Waals surface area contributed by atoms with Crippen LogP contribution < -0.4 is 0 Å². The largest absolute Gasteiger partial charge is 0.394 e. The minimum atomic E-state index is -0.787. The van der Waals surface area contributed by atoms with Crippen LogP contribution in [0.3, 0.4) is 0 Å². The Kier molecular flexibility index (Phi) is 3.89. The van der Waals surface area contributed by atoms with Crippen LogP contribution in [0.15, 0.2) is 0 Å². The van der Waals surface area contributed by atoms with Gasteiger partial charge in [0.25, 0.3) is 0 Å². The summed E-state index contributed by atoms with van der Waals surface area (Å²) in [7, 11) is 0. The lowest BCUT2D eigenvalue weighted by atomic mass is 9.84. The van der Waals surface area contributed by atoms with E-state index in [0.717, 1.165) is 0 Å². The second-order valence-electron chi connectivity index (χ2n) is 4.41. The molecule has 4 nitrogen and oxygen atoms in total. The first-order valence-electron chi connectivity index (χ1n) is 5.11. The van der Waals surface area contributed by atoms with Gasteiger partial charge in [-0.15, -0.1) is 0 Å². The third-order valence-corrected chi connectivity index (χ3v) is 2.96. The van der Waals surface area contributed by atoms with E-state index < -0.39 is 18.3 Å². The lowest BCUT2D eigenvalue weighted by molar-refractivity contribution is -0.215. The predicted molar refractivity (Wildman–Crippen MR) is 51.8 cm³/mol. The zero-order valence-electron chi connectivity index (χ0n) is 8.92. The summed E-state index contributed by atoms with van der Waals surface area (Å²) in [5.41, 5.74) is 0. The molecule has 0 bridgehead atoms. The highest BCUT2D eigenvalue weighted by Gasteiger charge is 2.42. The first kappa shape index (κ1) is 11.9. The van der Waals surface area contributed by atoms with Crippen LogP contribution in [-0.2, 0) is 4.74 Å². The number of ether oxygens (including phenoxy) is 1. The van der Waals surface area contributed by atoms with Crippen molar-refractivity contribution in [1.82, 2.24) is 0 Å². The van der Waals surface area contributed by atoms with E-state index in [-0.39, 0.29) is 24.5 Å². The molecule has 1 aliphatic rings. The zero-order valence-corrected chi connectivity index (χ0v) is 8.92. The standard InChI is InChI=1S/C10H20O4/c1-5(2)10-9(13)6(3)8(12)7(4-11)14-10/h5-13H,4H2,1-3H3/t6-,7?,8-,9?,10-/m0/s1. The molecular weight excluding hydrogens is 184 g/mol. The molecule has 1 rings (SSSR count). The number of aliphatic hydroxyl groups excluding tert-OH is 3. The van der Waals surface area contributed by atoms with E-state index in [0.29, 0.717) is 0 Å². The van der Waals surface area contributed by atoms with Crippen molar-refractivity contribution in [3.8, 4) is 0 Å². The molecule has 0 aromatic carbocycles. The smallest absolute Gasteiger partial charge is 0.107 e. The molecule has 1 heterocycles. The van der Waals surface area contributed by atoms with E-state index in [2.05, 4.69) is 0 Å². The van der Waals surface area contributed by atoms with Gasteiger partial charge >= 0.3 is 0 Å². The van der Waals surface area contributed by atoms with Crippen molar-refractivity contribution >= 4 is 0 Å². The summed E-state index contributed by atoms with van der Waals surface area (Å²) in [4.78, 5) is 0. The van der Waals surface area contributed by atoms with Gasteiger partial charge in [0.1, 0.15) is 6.10 Å². The van der Waals surface area contributed by atoms with Gasteiger partial charge in [-0.25, -0.2) is 0 Å². The van der Waals surface area contributed by atoms with Crippen molar-refractivity contribution in [3.05, 3.63) is 0 Å². The van der Waals surface area contributed by atoms with Gasteiger partial charge in [0, 0.05) is 5.92 Å². The fourth-order valence-corrected chi connectivity index (χ4v) is 1.91. The number of rotatable bonds is 2. The Hall–Kier alpha value is -0.160. The molecule has 0 saturated carbocycles. The Balaban J connectivity index is 2.73. The van der Waals surface area contributed by atoms with Crippen LogP contribution in [0.5, 0.6) is 0 Å². The quantitative estimate of drug-likeness (QED) is 0.580. The van der Waals surface area contributed by atoms with Crippen LogP contribution in [-0.4, -0.2) is 46.3 Å². The Morgan fingerprint density at radius 3 is 2.21 bits per heavy atom. The Bertz CT molecular complexity index is 181. The van der Waals surface area contributed by atoms with Gasteiger partial charge < -0.3 is 20.1 Å². The van der Waals surface area contributed by atoms with Gasteiger partial charge in [0.05, 0.1) is 24.9 Å². The first-order chi connectivity index (χ1) is 6.49. The number of hydrogen-bond donors (Lipinski definition) is 3. The minimum absolute atomic E-state index is 0.175. The molecule has 0 radical (unpaired) electrons. The second-order valence-corrected chi connectivity index (χ2v) is 4.41. The van der Waals surface area contributed by atoms with Crippen molar-refractivity contribution < 1.29 is 20.1 Å². The van der Waals surface area contributed by atoms with Crippen molar-refractivity contribution in [2.75, 3.05) is 6.61 Å². The maximum absolute atomic E-state index is 9.82. The Labute approximate surface area is 84.5 Å². The van der Waals surface area contributed by atoms with Crippen molar-refractivity contribution in [2.45, 2.75) is 45.2 Å². The SMILES string of the molecule is CC(C)[C@@H]1OC(CO)[C@@H](O)[C@H](C)C1O. The fraction of sp³-hybridized carbons (Fsp3) is 1.00. The molecule has 0 amide bonds. The number of hydrogen-bond acceptors (Lipinski definition) is 4. The highest BCUT2D eigenvalue weighted by molar-refractivity contribution is 4.90. The Morgan fingerprint density at radius 2 is 1.79 bits per heavy atom. The molecule has 14 heavy (non-hydrogen) atoms. The van der Waals surface area contributed by atoms with Crippen LogP contribution in [0.4, 0.5) is 0 Å². The predicted octanol–water partition coefficient (Wildman–Crippen LogP) is -0.240. The molecule has 84 valence electrons. The molecule has 3 N–H and O–H groups in total. The molecule has 2 unspecified atom stereocenters. The Morgan fingerprint density at radius 1 is 1.21 bits per heavy atom. The molecule has 1 saturated heterocycles. The van der Waals surface area contributed by atoms with Crippen LogP contribution in [0.1, 0.15) is 20.8 Å². The van der Waals surface area contributed by atoms with Crippen LogP contribution in [0.25, 0.3) is 0 Å². The highest BCUT2D eigenvalue weighted by Crippen LogP contribution is 2.29. The molecule has 1 aliphatic heterocycles. The number of aliphatic hydroxyl groups is 3. The van der Waals surface area contributed by atoms with Gasteiger partial charge in [-0.1, -0.05) is 20.8 Å². The van der Waals surface area contributed by atoms with E-state index >= 15 is 0 Å². The average Bonchev–Trinajstić information content (AvgIpc) is 2.14. The molecule has 1 fully saturated rings. The summed E-state index contributed by atoms with van der Waals surface area (Å²) in [5, 5.41) is 28.5. The summed E-state index contributed by atoms with van der Waals surface area (Å²) < 4.78 is 5.44. The summed E-state index contributed by atoms with van der Waals surface area (Å²) in [5.74, 6) is -0.0812. The molecule has 0 spiro atoms. The van der Waals surface area contributed by atoms with Crippen LogP contribution in [0, 0.1) is 11.8 Å². The maximum Gasteiger partial charge on any atom is 0.107 e. The highest BCUT2D eigenvalue weighted by atomic mass is 16.5. The van der Waals surface area contributed by atoms with Gasteiger partial charge in [-0.05, 0) is 5.92 Å². The molecular formula is C10H20O4. The molecule has 0 aliphatic carbocycles. The summed E-state index contributed by atoms with van der Waals surface area (Å²) >= 11 is 0. The van der Waals surface area contributed by atoms with E-state index in [9.17, 15) is 10.2 Å². The van der Waals surface area contributed by atoms with E-state index in [4.69, 9.17) is 9.84 Å². The average molecular weight is 204 g/mol. The lowest BCUT2D eigenvalue weighted by Crippen LogP contribution is -2.55. The minimum Gasteiger partial charge on any atom is -0.394 e. The summed E-state index contributed by atoms with van der Waals surface area (Å²) in [6.45, 7) is 5.47. The zero-order chi connectivity index (χ0) is 10.9. The summed E-state index contributed by atoms with van der Waals surface area (Å²) in [6, 6.07) is 0. The second kappa shape index (κ2) is 4.57. The van der Waals surface area contributed by atoms with Crippen molar-refractivity contribution in [3.63, 3.8) is 0 Å². The monoisotopic (exact) mass is 204 g/mol. The fourth-order valence-electron chi connectivity index (χ4n) is 1.91. The van der Waals surface area contributed by atoms with Gasteiger partial charge in [0.2, 0.25) is 0 Å². The molecule has 4 heteroatoms. The van der Waals surface area contributed by atoms with Gasteiger partial charge in [-0.3, -0.25) is 0 Å². The van der Waals surface area contributed by atoms with Crippen molar-refractivity contribution in [1.29, 1.82) is 0 Å². The topological polar surface area (TPSA) is 69.9 Å². The van der Waals surface area contributed by atoms with E-state index in [1.54, 1.807) is 6.92 Å². The first-order valence-corrected chi connectivity index (χ1v) is 5.11. The van der Waals surface area contributed by atoms with E-state index in [1.807, 2.05) is 13.8 Å². The maximum atomic E-state index is 9.82. The van der Waals surface area contributed by atoms with Crippen LogP contribution in [0.2, 0.25) is 0 Å². The normalized spacial score (nSPS) is 44.4. The third-order valence-electron chi connectivity index (χ3n) is 2.96. The summed E-state index contributed by atoms with van der Waals surface area (Å²) in [6.07, 6.45) is -2.32. The molecule has 0 aromatic heterocycles. The molecule has 0 aromatic rings. The van der Waals surface area contributed by atoms with Crippen molar-refractivity contribution in [2.24, 2.45) is 11.8 Å². The van der Waals surface area contributed by atoms with Gasteiger partial charge in [0.15, 0.2) is 0 Å². The third kappa shape index (κ3) is 2.08. The van der Waals surface area contributed by atoms with Gasteiger partial charge in [-0.2, -0.15) is 0 Å².